The lowest BCUT2D eigenvalue weighted by atomic mass is 10.1. The quantitative estimate of drug-likeness (QED) is 0.587. The molecule has 0 bridgehead atoms. The van der Waals surface area contributed by atoms with Crippen molar-refractivity contribution < 1.29 is 14.8 Å². The van der Waals surface area contributed by atoms with E-state index in [0.717, 1.165) is 0 Å². The van der Waals surface area contributed by atoms with Crippen molar-refractivity contribution in [3.05, 3.63) is 33.9 Å². The largest absolute Gasteiger partial charge is 0.491 e. The van der Waals surface area contributed by atoms with Crippen LogP contribution in [0.15, 0.2) is 18.2 Å². The zero-order valence-electron chi connectivity index (χ0n) is 11.8. The van der Waals surface area contributed by atoms with E-state index in [2.05, 4.69) is 5.32 Å². The highest BCUT2D eigenvalue weighted by molar-refractivity contribution is 5.44. The lowest BCUT2D eigenvalue weighted by molar-refractivity contribution is -0.385. The van der Waals surface area contributed by atoms with E-state index in [1.165, 1.54) is 18.9 Å². The van der Waals surface area contributed by atoms with Crippen LogP contribution in [0.2, 0.25) is 0 Å². The van der Waals surface area contributed by atoms with Crippen LogP contribution < -0.4 is 10.1 Å². The van der Waals surface area contributed by atoms with E-state index in [1.54, 1.807) is 26.0 Å². The number of benzene rings is 1. The molecule has 0 spiro atoms. The first-order valence-electron chi connectivity index (χ1n) is 6.71. The summed E-state index contributed by atoms with van der Waals surface area (Å²) in [5.74, 6) is 0.528. The fourth-order valence-corrected chi connectivity index (χ4v) is 1.86. The van der Waals surface area contributed by atoms with Gasteiger partial charge in [-0.2, -0.15) is 0 Å². The number of aliphatic hydroxyl groups is 1. The third-order valence-corrected chi connectivity index (χ3v) is 3.26. The second-order valence-corrected chi connectivity index (χ2v) is 5.65. The Morgan fingerprint density at radius 2 is 2.25 bits per heavy atom. The molecule has 20 heavy (non-hydrogen) atoms. The van der Waals surface area contributed by atoms with Crippen molar-refractivity contribution in [2.24, 2.45) is 0 Å². The van der Waals surface area contributed by atoms with E-state index in [0.29, 0.717) is 23.9 Å². The van der Waals surface area contributed by atoms with E-state index in [4.69, 9.17) is 4.74 Å². The highest BCUT2D eigenvalue weighted by Gasteiger charge is 2.27. The molecular formula is C14H20N2O4. The number of hydrogen-bond donors (Lipinski definition) is 2. The molecule has 0 aromatic heterocycles. The zero-order valence-corrected chi connectivity index (χ0v) is 11.8. The number of ether oxygens (including phenoxy) is 1. The van der Waals surface area contributed by atoms with Crippen molar-refractivity contribution in [1.29, 1.82) is 0 Å². The first-order chi connectivity index (χ1) is 9.37. The molecule has 110 valence electrons. The molecule has 1 unspecified atom stereocenters. The van der Waals surface area contributed by atoms with Gasteiger partial charge in [0.15, 0.2) is 0 Å². The van der Waals surface area contributed by atoms with Crippen molar-refractivity contribution in [3.63, 3.8) is 0 Å². The summed E-state index contributed by atoms with van der Waals surface area (Å²) in [5, 5.41) is 24.1. The molecule has 2 rings (SSSR count). The molecule has 1 fully saturated rings. The van der Waals surface area contributed by atoms with Gasteiger partial charge in [0.2, 0.25) is 0 Å². The predicted octanol–water partition coefficient (Wildman–Crippen LogP) is 1.79. The summed E-state index contributed by atoms with van der Waals surface area (Å²) in [5.41, 5.74) is -0.346. The monoisotopic (exact) mass is 280 g/mol. The minimum Gasteiger partial charge on any atom is -0.491 e. The molecular weight excluding hydrogens is 260 g/mol. The smallest absolute Gasteiger partial charge is 0.272 e. The Morgan fingerprint density at radius 3 is 2.80 bits per heavy atom. The average Bonchev–Trinajstić information content (AvgIpc) is 3.18. The molecule has 1 aromatic carbocycles. The predicted molar refractivity (Wildman–Crippen MR) is 75.0 cm³/mol. The van der Waals surface area contributed by atoms with Crippen LogP contribution in [0, 0.1) is 17.0 Å². The van der Waals surface area contributed by atoms with Crippen molar-refractivity contribution in [2.45, 2.75) is 38.3 Å². The van der Waals surface area contributed by atoms with Gasteiger partial charge in [-0.05, 0) is 38.8 Å². The lowest BCUT2D eigenvalue weighted by Crippen LogP contribution is -2.43. The van der Waals surface area contributed by atoms with Gasteiger partial charge in [-0.25, -0.2) is 0 Å². The normalized spacial score (nSPS) is 17.6. The Bertz CT molecular complexity index is 498. The maximum atomic E-state index is 10.7. The Balaban J connectivity index is 1.89. The minimum atomic E-state index is -0.960. The van der Waals surface area contributed by atoms with Gasteiger partial charge in [-0.15, -0.1) is 0 Å². The van der Waals surface area contributed by atoms with Crippen LogP contribution in [0.3, 0.4) is 0 Å². The Hall–Kier alpha value is -1.66. The van der Waals surface area contributed by atoms with Crippen molar-refractivity contribution in [1.82, 2.24) is 5.32 Å². The molecule has 1 atom stereocenters. The van der Waals surface area contributed by atoms with Crippen LogP contribution in [0.4, 0.5) is 5.69 Å². The molecule has 0 saturated heterocycles. The Morgan fingerprint density at radius 1 is 1.55 bits per heavy atom. The van der Waals surface area contributed by atoms with Crippen molar-refractivity contribution in [2.75, 3.05) is 13.2 Å². The first kappa shape index (κ1) is 14.7. The second-order valence-electron chi connectivity index (χ2n) is 5.65. The van der Waals surface area contributed by atoms with Gasteiger partial charge < -0.3 is 15.2 Å². The second kappa shape index (κ2) is 5.76. The number of aryl methyl sites for hydroxylation is 1. The molecule has 2 N–H and O–H groups in total. The summed E-state index contributed by atoms with van der Waals surface area (Å²) in [4.78, 5) is 10.3. The summed E-state index contributed by atoms with van der Waals surface area (Å²) >= 11 is 0. The molecule has 0 heterocycles. The summed E-state index contributed by atoms with van der Waals surface area (Å²) in [7, 11) is 0. The van der Waals surface area contributed by atoms with E-state index in [-0.39, 0.29) is 12.3 Å². The first-order valence-corrected chi connectivity index (χ1v) is 6.71. The molecule has 1 aromatic rings. The molecule has 0 aliphatic heterocycles. The van der Waals surface area contributed by atoms with Crippen LogP contribution in [0.5, 0.6) is 5.75 Å². The van der Waals surface area contributed by atoms with Crippen LogP contribution >= 0.6 is 0 Å². The minimum absolute atomic E-state index is 0.0690. The van der Waals surface area contributed by atoms with Gasteiger partial charge in [0, 0.05) is 24.2 Å². The SMILES string of the molecule is Cc1cc(OCC(C)(O)CNC2CC2)ccc1[N+](=O)[O-]. The van der Waals surface area contributed by atoms with Gasteiger partial charge in [0.25, 0.3) is 5.69 Å². The summed E-state index contributed by atoms with van der Waals surface area (Å²) < 4.78 is 5.53. The molecule has 0 radical (unpaired) electrons. The standard InChI is InChI=1S/C14H20N2O4/c1-10-7-12(5-6-13(10)16(18)19)20-9-14(2,17)8-15-11-3-4-11/h5-7,11,15,17H,3-4,8-9H2,1-2H3. The topological polar surface area (TPSA) is 84.6 Å². The van der Waals surface area contributed by atoms with E-state index in [9.17, 15) is 15.2 Å². The van der Waals surface area contributed by atoms with Crippen LogP contribution in [-0.2, 0) is 0 Å². The molecule has 1 aliphatic carbocycles. The summed E-state index contributed by atoms with van der Waals surface area (Å²) in [6, 6.07) is 5.11. The van der Waals surface area contributed by atoms with Crippen LogP contribution in [0.1, 0.15) is 25.3 Å². The maximum absolute atomic E-state index is 10.7. The van der Waals surface area contributed by atoms with Crippen LogP contribution in [-0.4, -0.2) is 34.8 Å². The number of nitrogens with one attached hydrogen (secondary N) is 1. The maximum Gasteiger partial charge on any atom is 0.272 e. The lowest BCUT2D eigenvalue weighted by Gasteiger charge is -2.24. The highest BCUT2D eigenvalue weighted by Crippen LogP contribution is 2.24. The van der Waals surface area contributed by atoms with Crippen molar-refractivity contribution in [3.8, 4) is 5.75 Å². The number of hydrogen-bond acceptors (Lipinski definition) is 5. The molecule has 1 aliphatic rings. The molecule has 1 saturated carbocycles. The fourth-order valence-electron chi connectivity index (χ4n) is 1.86. The van der Waals surface area contributed by atoms with E-state index >= 15 is 0 Å². The van der Waals surface area contributed by atoms with Gasteiger partial charge in [-0.3, -0.25) is 10.1 Å². The summed E-state index contributed by atoms with van der Waals surface area (Å²) in [6.07, 6.45) is 2.33. The fraction of sp³-hybridized carbons (Fsp3) is 0.571. The van der Waals surface area contributed by atoms with Crippen molar-refractivity contribution >= 4 is 5.69 Å². The third-order valence-electron chi connectivity index (χ3n) is 3.26. The van der Waals surface area contributed by atoms with E-state index in [1.807, 2.05) is 0 Å². The molecule has 6 nitrogen and oxygen atoms in total. The molecule has 6 heteroatoms. The third kappa shape index (κ3) is 4.18. The average molecular weight is 280 g/mol. The number of rotatable bonds is 7. The Kier molecular flexibility index (Phi) is 4.25. The molecule has 0 amide bonds. The zero-order chi connectivity index (χ0) is 14.8. The number of nitrogens with zero attached hydrogens (tertiary/aromatic N) is 1. The van der Waals surface area contributed by atoms with Gasteiger partial charge in [0.05, 0.1) is 4.92 Å². The number of nitro benzene ring substituents is 1. The van der Waals surface area contributed by atoms with Gasteiger partial charge >= 0.3 is 0 Å². The highest BCUT2D eigenvalue weighted by atomic mass is 16.6. The van der Waals surface area contributed by atoms with Gasteiger partial charge in [-0.1, -0.05) is 0 Å². The summed E-state index contributed by atoms with van der Waals surface area (Å²) in [6.45, 7) is 3.99. The van der Waals surface area contributed by atoms with E-state index < -0.39 is 10.5 Å². The van der Waals surface area contributed by atoms with Gasteiger partial charge in [0.1, 0.15) is 18.0 Å². The Labute approximate surface area is 117 Å². The number of nitro groups is 1. The van der Waals surface area contributed by atoms with Crippen LogP contribution in [0.25, 0.3) is 0 Å².